The Morgan fingerprint density at radius 1 is 1.35 bits per heavy atom. The van der Waals surface area contributed by atoms with Crippen molar-refractivity contribution < 1.29 is 4.74 Å². The number of hydrogen-bond acceptors (Lipinski definition) is 3. The van der Waals surface area contributed by atoms with Crippen molar-refractivity contribution in [1.82, 2.24) is 4.90 Å². The topological polar surface area (TPSA) is 38.5 Å². The first-order valence-electron chi connectivity index (χ1n) is 7.42. The van der Waals surface area contributed by atoms with Crippen LogP contribution in [0.2, 0.25) is 0 Å². The molecule has 20 heavy (non-hydrogen) atoms. The molecule has 108 valence electrons. The molecule has 0 spiro atoms. The fourth-order valence-electron chi connectivity index (χ4n) is 2.79. The molecule has 1 fully saturated rings. The minimum Gasteiger partial charge on any atom is -0.481 e. The van der Waals surface area contributed by atoms with Crippen molar-refractivity contribution in [3.8, 4) is 18.1 Å². The van der Waals surface area contributed by atoms with Gasteiger partial charge in [-0.1, -0.05) is 18.1 Å². The van der Waals surface area contributed by atoms with Gasteiger partial charge in [-0.15, -0.1) is 6.42 Å². The molecule has 3 heteroatoms. The number of terminal acetylenes is 1. The van der Waals surface area contributed by atoms with Gasteiger partial charge < -0.3 is 15.4 Å². The Bertz CT molecular complexity index is 445. The maximum absolute atomic E-state index is 5.57. The van der Waals surface area contributed by atoms with Crippen molar-refractivity contribution in [3.05, 3.63) is 29.8 Å². The highest BCUT2D eigenvalue weighted by Gasteiger charge is 2.20. The number of nitrogens with two attached hydrogens (primary N) is 1. The number of piperidine rings is 1. The third-order valence-electron chi connectivity index (χ3n) is 3.92. The molecular formula is C17H24N2O. The summed E-state index contributed by atoms with van der Waals surface area (Å²) in [5.41, 5.74) is 6.94. The van der Waals surface area contributed by atoms with Crippen LogP contribution in [0, 0.1) is 12.3 Å². The number of benzene rings is 1. The van der Waals surface area contributed by atoms with Crippen LogP contribution in [0.15, 0.2) is 24.3 Å². The van der Waals surface area contributed by atoms with E-state index in [9.17, 15) is 0 Å². The molecule has 3 nitrogen and oxygen atoms in total. The van der Waals surface area contributed by atoms with Gasteiger partial charge in [-0.05, 0) is 69.1 Å². The molecule has 1 saturated heterocycles. The summed E-state index contributed by atoms with van der Waals surface area (Å²) in [4.78, 5) is 2.52. The van der Waals surface area contributed by atoms with Crippen LogP contribution in [0.4, 0.5) is 0 Å². The highest BCUT2D eigenvalue weighted by molar-refractivity contribution is 5.31. The summed E-state index contributed by atoms with van der Waals surface area (Å²) < 4.78 is 5.50. The monoisotopic (exact) mass is 272 g/mol. The van der Waals surface area contributed by atoms with Gasteiger partial charge in [-0.3, -0.25) is 0 Å². The molecule has 0 atom stereocenters. The molecule has 0 aliphatic carbocycles. The normalized spacial score (nSPS) is 16.8. The minimum absolute atomic E-state index is 0.334. The van der Waals surface area contributed by atoms with Gasteiger partial charge in [0.05, 0.1) is 0 Å². The Balaban J connectivity index is 1.88. The van der Waals surface area contributed by atoms with Crippen LogP contribution in [-0.4, -0.2) is 37.7 Å². The molecule has 2 N–H and O–H groups in total. The maximum Gasteiger partial charge on any atom is 0.148 e. The van der Waals surface area contributed by atoms with Gasteiger partial charge in [0.1, 0.15) is 12.4 Å². The Kier molecular flexibility index (Phi) is 5.91. The minimum atomic E-state index is 0.334. The lowest BCUT2D eigenvalue weighted by molar-refractivity contribution is 0.211. The van der Waals surface area contributed by atoms with E-state index in [0.717, 1.165) is 25.3 Å². The van der Waals surface area contributed by atoms with E-state index in [-0.39, 0.29) is 0 Å². The summed E-state index contributed by atoms with van der Waals surface area (Å²) in [6, 6.07) is 8.36. The van der Waals surface area contributed by atoms with Crippen molar-refractivity contribution in [2.45, 2.75) is 25.2 Å². The van der Waals surface area contributed by atoms with E-state index in [2.05, 4.69) is 29.0 Å². The SMILES string of the molecule is C#CCOc1cccc(C2CCN(CCCN)CC2)c1. The zero-order valence-electron chi connectivity index (χ0n) is 12.1. The molecule has 0 aromatic heterocycles. The summed E-state index contributed by atoms with van der Waals surface area (Å²) in [7, 11) is 0. The third kappa shape index (κ3) is 4.26. The number of rotatable bonds is 6. The molecule has 1 heterocycles. The van der Waals surface area contributed by atoms with E-state index < -0.39 is 0 Å². The smallest absolute Gasteiger partial charge is 0.148 e. The molecule has 1 aromatic carbocycles. The van der Waals surface area contributed by atoms with Crippen LogP contribution < -0.4 is 10.5 Å². The van der Waals surface area contributed by atoms with Crippen LogP contribution >= 0.6 is 0 Å². The van der Waals surface area contributed by atoms with Crippen molar-refractivity contribution in [2.24, 2.45) is 5.73 Å². The summed E-state index contributed by atoms with van der Waals surface area (Å²) in [6.45, 7) is 4.59. The lowest BCUT2D eigenvalue weighted by Crippen LogP contribution is -2.34. The molecule has 0 bridgehead atoms. The summed E-state index contributed by atoms with van der Waals surface area (Å²) >= 11 is 0. The zero-order chi connectivity index (χ0) is 14.2. The van der Waals surface area contributed by atoms with Gasteiger partial charge in [0.2, 0.25) is 0 Å². The Morgan fingerprint density at radius 2 is 2.15 bits per heavy atom. The maximum atomic E-state index is 5.57. The Hall–Kier alpha value is -1.50. The molecule has 0 unspecified atom stereocenters. The second kappa shape index (κ2) is 7.94. The summed E-state index contributed by atoms with van der Waals surface area (Å²) in [5.74, 6) is 4.02. The van der Waals surface area contributed by atoms with Gasteiger partial charge in [-0.25, -0.2) is 0 Å². The average molecular weight is 272 g/mol. The van der Waals surface area contributed by atoms with Crippen LogP contribution in [0.5, 0.6) is 5.75 Å². The lowest BCUT2D eigenvalue weighted by atomic mass is 9.89. The predicted molar refractivity (Wildman–Crippen MR) is 82.9 cm³/mol. The van der Waals surface area contributed by atoms with Crippen molar-refractivity contribution in [2.75, 3.05) is 32.8 Å². The molecule has 0 saturated carbocycles. The lowest BCUT2D eigenvalue weighted by Gasteiger charge is -2.32. The van der Waals surface area contributed by atoms with Gasteiger partial charge >= 0.3 is 0 Å². The van der Waals surface area contributed by atoms with Crippen molar-refractivity contribution >= 4 is 0 Å². The van der Waals surface area contributed by atoms with Crippen LogP contribution in [0.25, 0.3) is 0 Å². The fraction of sp³-hybridized carbons (Fsp3) is 0.529. The molecule has 2 rings (SSSR count). The van der Waals surface area contributed by atoms with Crippen LogP contribution in [0.1, 0.15) is 30.7 Å². The van der Waals surface area contributed by atoms with Gasteiger partial charge in [0, 0.05) is 0 Å². The van der Waals surface area contributed by atoms with E-state index in [1.54, 1.807) is 0 Å². The second-order valence-electron chi connectivity index (χ2n) is 5.32. The van der Waals surface area contributed by atoms with Gasteiger partial charge in [0.15, 0.2) is 0 Å². The Labute approximate surface area is 122 Å². The van der Waals surface area contributed by atoms with Crippen LogP contribution in [0.3, 0.4) is 0 Å². The molecule has 1 aromatic rings. The molecular weight excluding hydrogens is 248 g/mol. The molecule has 1 aliphatic heterocycles. The number of hydrogen-bond donors (Lipinski definition) is 1. The highest BCUT2D eigenvalue weighted by Crippen LogP contribution is 2.30. The third-order valence-corrected chi connectivity index (χ3v) is 3.92. The number of likely N-dealkylation sites (tertiary alicyclic amines) is 1. The number of nitrogens with zero attached hydrogens (tertiary/aromatic N) is 1. The Morgan fingerprint density at radius 3 is 2.85 bits per heavy atom. The van der Waals surface area contributed by atoms with E-state index in [1.165, 1.54) is 31.5 Å². The standard InChI is InChI=1S/C17H24N2O/c1-2-13-20-17-6-3-5-16(14-17)15-7-11-19(12-8-15)10-4-9-18/h1,3,5-6,14-15H,4,7-13,18H2. The first-order valence-corrected chi connectivity index (χ1v) is 7.42. The van der Waals surface area contributed by atoms with E-state index in [0.29, 0.717) is 12.5 Å². The van der Waals surface area contributed by atoms with E-state index in [4.69, 9.17) is 16.9 Å². The van der Waals surface area contributed by atoms with E-state index in [1.807, 2.05) is 6.07 Å². The highest BCUT2D eigenvalue weighted by atomic mass is 16.5. The molecule has 0 amide bonds. The largest absolute Gasteiger partial charge is 0.481 e. The number of ether oxygens (including phenoxy) is 1. The first kappa shape index (κ1) is 14.9. The molecule has 1 aliphatic rings. The zero-order valence-corrected chi connectivity index (χ0v) is 12.1. The summed E-state index contributed by atoms with van der Waals surface area (Å²) in [6.07, 6.45) is 8.74. The van der Waals surface area contributed by atoms with Crippen LogP contribution in [-0.2, 0) is 0 Å². The second-order valence-corrected chi connectivity index (χ2v) is 5.32. The average Bonchev–Trinajstić information content (AvgIpc) is 2.52. The first-order chi connectivity index (χ1) is 9.83. The quantitative estimate of drug-likeness (QED) is 0.807. The van der Waals surface area contributed by atoms with Crippen molar-refractivity contribution in [1.29, 1.82) is 0 Å². The van der Waals surface area contributed by atoms with Gasteiger partial charge in [0.25, 0.3) is 0 Å². The molecule has 0 radical (unpaired) electrons. The summed E-state index contributed by atoms with van der Waals surface area (Å²) in [5, 5.41) is 0. The predicted octanol–water partition coefficient (Wildman–Crippen LogP) is 2.23. The van der Waals surface area contributed by atoms with Gasteiger partial charge in [-0.2, -0.15) is 0 Å². The van der Waals surface area contributed by atoms with E-state index >= 15 is 0 Å². The fourth-order valence-corrected chi connectivity index (χ4v) is 2.79. The van der Waals surface area contributed by atoms with Crippen molar-refractivity contribution in [3.63, 3.8) is 0 Å².